The predicted octanol–water partition coefficient (Wildman–Crippen LogP) is 4.25. The van der Waals surface area contributed by atoms with Crippen molar-refractivity contribution in [1.29, 1.82) is 0 Å². The predicted molar refractivity (Wildman–Crippen MR) is 89.4 cm³/mol. The topological polar surface area (TPSA) is 55.4 Å². The first-order valence-corrected chi connectivity index (χ1v) is 8.05. The summed E-state index contributed by atoms with van der Waals surface area (Å²) in [5.41, 5.74) is 2.21. The molecule has 0 saturated carbocycles. The number of carbonyl (C=O) groups is 2. The Morgan fingerprint density at radius 1 is 1.18 bits per heavy atom. The molecule has 0 aliphatic rings. The third-order valence-corrected chi connectivity index (χ3v) is 4.22. The molecule has 1 aromatic carbocycles. The second kappa shape index (κ2) is 7.22. The Morgan fingerprint density at radius 3 is 2.45 bits per heavy atom. The van der Waals surface area contributed by atoms with Crippen LogP contribution in [0.4, 0.5) is 5.00 Å². The maximum absolute atomic E-state index is 12.4. The van der Waals surface area contributed by atoms with E-state index in [1.54, 1.807) is 13.8 Å². The van der Waals surface area contributed by atoms with Crippen LogP contribution in [0.1, 0.15) is 35.5 Å². The zero-order valence-corrected chi connectivity index (χ0v) is 13.8. The summed E-state index contributed by atoms with van der Waals surface area (Å²) in [6, 6.07) is 9.67. The average molecular weight is 317 g/mol. The van der Waals surface area contributed by atoms with Crippen LogP contribution in [0, 0.1) is 6.92 Å². The van der Waals surface area contributed by atoms with Gasteiger partial charge in [-0.15, -0.1) is 11.3 Å². The SMILES string of the molecule is CCOC(=O)c1c(NC(=O)CC)sc(C)c1-c1ccccc1. The number of rotatable bonds is 5. The highest BCUT2D eigenvalue weighted by Gasteiger charge is 2.25. The van der Waals surface area contributed by atoms with Crippen molar-refractivity contribution in [2.75, 3.05) is 11.9 Å². The van der Waals surface area contributed by atoms with E-state index in [0.717, 1.165) is 16.0 Å². The maximum atomic E-state index is 12.4. The summed E-state index contributed by atoms with van der Waals surface area (Å²) in [6.07, 6.45) is 0.361. The zero-order chi connectivity index (χ0) is 16.1. The lowest BCUT2D eigenvalue weighted by Gasteiger charge is -2.08. The first kappa shape index (κ1) is 16.2. The lowest BCUT2D eigenvalue weighted by atomic mass is 10.0. The van der Waals surface area contributed by atoms with Gasteiger partial charge in [0.2, 0.25) is 5.91 Å². The molecule has 0 spiro atoms. The van der Waals surface area contributed by atoms with Crippen molar-refractivity contribution in [2.24, 2.45) is 0 Å². The van der Waals surface area contributed by atoms with Crippen molar-refractivity contribution < 1.29 is 14.3 Å². The van der Waals surface area contributed by atoms with E-state index in [0.29, 0.717) is 23.6 Å². The summed E-state index contributed by atoms with van der Waals surface area (Å²) in [4.78, 5) is 25.1. The molecule has 1 heterocycles. The lowest BCUT2D eigenvalue weighted by Crippen LogP contribution is -2.13. The number of carbonyl (C=O) groups excluding carboxylic acids is 2. The highest BCUT2D eigenvalue weighted by atomic mass is 32.1. The summed E-state index contributed by atoms with van der Waals surface area (Å²) in [5, 5.41) is 3.37. The molecular weight excluding hydrogens is 298 g/mol. The molecule has 1 amide bonds. The van der Waals surface area contributed by atoms with E-state index in [2.05, 4.69) is 5.32 Å². The minimum absolute atomic E-state index is 0.119. The number of anilines is 1. The number of amides is 1. The van der Waals surface area contributed by atoms with Gasteiger partial charge in [-0.3, -0.25) is 4.79 Å². The molecule has 0 atom stereocenters. The first-order valence-electron chi connectivity index (χ1n) is 7.24. The van der Waals surface area contributed by atoms with E-state index in [-0.39, 0.29) is 5.91 Å². The van der Waals surface area contributed by atoms with Gasteiger partial charge in [-0.2, -0.15) is 0 Å². The molecule has 0 fully saturated rings. The van der Waals surface area contributed by atoms with Crippen LogP contribution >= 0.6 is 11.3 Å². The average Bonchev–Trinajstić information content (AvgIpc) is 2.84. The molecule has 0 bridgehead atoms. The van der Waals surface area contributed by atoms with Gasteiger partial charge in [0.25, 0.3) is 0 Å². The van der Waals surface area contributed by atoms with Gasteiger partial charge >= 0.3 is 5.97 Å². The quantitative estimate of drug-likeness (QED) is 0.839. The zero-order valence-electron chi connectivity index (χ0n) is 12.9. The third-order valence-electron chi connectivity index (χ3n) is 3.20. The Labute approximate surface area is 134 Å². The van der Waals surface area contributed by atoms with Crippen LogP contribution in [0.15, 0.2) is 30.3 Å². The molecule has 2 aromatic rings. The molecular formula is C17H19NO3S. The van der Waals surface area contributed by atoms with Crippen molar-refractivity contribution in [2.45, 2.75) is 27.2 Å². The summed E-state index contributed by atoms with van der Waals surface area (Å²) in [6.45, 7) is 5.78. The molecule has 1 aromatic heterocycles. The number of thiophene rings is 1. The number of ether oxygens (including phenoxy) is 1. The molecule has 0 aliphatic carbocycles. The Morgan fingerprint density at radius 2 is 1.86 bits per heavy atom. The van der Waals surface area contributed by atoms with E-state index in [9.17, 15) is 9.59 Å². The molecule has 5 heteroatoms. The molecule has 116 valence electrons. The Kier molecular flexibility index (Phi) is 5.33. The van der Waals surface area contributed by atoms with Crippen LogP contribution in [0.5, 0.6) is 0 Å². The van der Waals surface area contributed by atoms with Crippen molar-refractivity contribution in [3.8, 4) is 11.1 Å². The number of hydrogen-bond acceptors (Lipinski definition) is 4. The smallest absolute Gasteiger partial charge is 0.341 e. The third kappa shape index (κ3) is 3.36. The van der Waals surface area contributed by atoms with Crippen molar-refractivity contribution >= 4 is 28.2 Å². The molecule has 1 N–H and O–H groups in total. The Hall–Kier alpha value is -2.14. The molecule has 0 saturated heterocycles. The summed E-state index contributed by atoms with van der Waals surface area (Å²) in [5.74, 6) is -0.525. The molecule has 22 heavy (non-hydrogen) atoms. The minimum atomic E-state index is -0.405. The number of esters is 1. The fraction of sp³-hybridized carbons (Fsp3) is 0.294. The maximum Gasteiger partial charge on any atom is 0.341 e. The number of benzene rings is 1. The van der Waals surface area contributed by atoms with Gasteiger partial charge < -0.3 is 10.1 Å². The van der Waals surface area contributed by atoms with Crippen molar-refractivity contribution in [3.63, 3.8) is 0 Å². The van der Waals surface area contributed by atoms with Crippen LogP contribution in [0.25, 0.3) is 11.1 Å². The normalized spacial score (nSPS) is 10.3. The minimum Gasteiger partial charge on any atom is -0.462 e. The van der Waals surface area contributed by atoms with Gasteiger partial charge in [0.15, 0.2) is 0 Å². The van der Waals surface area contributed by atoms with Gasteiger partial charge in [0, 0.05) is 16.9 Å². The second-order valence-corrected chi connectivity index (χ2v) is 5.95. The fourth-order valence-electron chi connectivity index (χ4n) is 2.20. The molecule has 2 rings (SSSR count). The standard InChI is InChI=1S/C17H19NO3S/c1-4-13(19)18-16-15(17(20)21-5-2)14(11(3)22-16)12-9-7-6-8-10-12/h6-10H,4-5H2,1-3H3,(H,18,19). The molecule has 0 aliphatic heterocycles. The van der Waals surface area contributed by atoms with E-state index < -0.39 is 5.97 Å². The largest absolute Gasteiger partial charge is 0.462 e. The monoisotopic (exact) mass is 317 g/mol. The van der Waals surface area contributed by atoms with Gasteiger partial charge in [0.1, 0.15) is 10.6 Å². The van der Waals surface area contributed by atoms with Crippen molar-refractivity contribution in [1.82, 2.24) is 0 Å². The van der Waals surface area contributed by atoms with E-state index in [4.69, 9.17) is 4.74 Å². The Balaban J connectivity index is 2.57. The molecule has 0 unspecified atom stereocenters. The van der Waals surface area contributed by atoms with Gasteiger partial charge in [0.05, 0.1) is 6.61 Å². The summed E-state index contributed by atoms with van der Waals surface area (Å²) < 4.78 is 5.18. The van der Waals surface area contributed by atoms with E-state index in [1.807, 2.05) is 37.3 Å². The van der Waals surface area contributed by atoms with Crippen LogP contribution in [-0.2, 0) is 9.53 Å². The molecule has 0 radical (unpaired) electrons. The van der Waals surface area contributed by atoms with Gasteiger partial charge in [-0.05, 0) is 19.4 Å². The lowest BCUT2D eigenvalue weighted by molar-refractivity contribution is -0.115. The fourth-order valence-corrected chi connectivity index (χ4v) is 3.28. The molecule has 4 nitrogen and oxygen atoms in total. The van der Waals surface area contributed by atoms with E-state index in [1.165, 1.54) is 11.3 Å². The number of aryl methyl sites for hydroxylation is 1. The van der Waals surface area contributed by atoms with Gasteiger partial charge in [-0.25, -0.2) is 4.79 Å². The van der Waals surface area contributed by atoms with Crippen LogP contribution in [0.3, 0.4) is 0 Å². The summed E-state index contributed by atoms with van der Waals surface area (Å²) >= 11 is 1.40. The second-order valence-electron chi connectivity index (χ2n) is 4.73. The summed E-state index contributed by atoms with van der Waals surface area (Å²) in [7, 11) is 0. The Bertz CT molecular complexity index is 677. The number of nitrogens with one attached hydrogen (secondary N) is 1. The highest BCUT2D eigenvalue weighted by Crippen LogP contribution is 2.40. The first-order chi connectivity index (χ1) is 10.6. The number of hydrogen-bond donors (Lipinski definition) is 1. The highest BCUT2D eigenvalue weighted by molar-refractivity contribution is 7.17. The van der Waals surface area contributed by atoms with Crippen molar-refractivity contribution in [3.05, 3.63) is 40.8 Å². The van der Waals surface area contributed by atoms with Crippen LogP contribution < -0.4 is 5.32 Å². The van der Waals surface area contributed by atoms with Crippen LogP contribution in [0.2, 0.25) is 0 Å². The van der Waals surface area contributed by atoms with Gasteiger partial charge in [-0.1, -0.05) is 37.3 Å². The van der Waals surface area contributed by atoms with E-state index >= 15 is 0 Å². The van der Waals surface area contributed by atoms with Crippen LogP contribution in [-0.4, -0.2) is 18.5 Å².